The van der Waals surface area contributed by atoms with Crippen molar-refractivity contribution in [1.29, 1.82) is 0 Å². The lowest BCUT2D eigenvalue weighted by molar-refractivity contribution is -0.135. The second-order valence-electron chi connectivity index (χ2n) is 4.24. The van der Waals surface area contributed by atoms with E-state index in [1.54, 1.807) is 11.3 Å². The van der Waals surface area contributed by atoms with E-state index in [1.807, 2.05) is 47.9 Å². The van der Waals surface area contributed by atoms with Crippen LogP contribution in [0.3, 0.4) is 0 Å². The summed E-state index contributed by atoms with van der Waals surface area (Å²) in [5.41, 5.74) is 1.66. The summed E-state index contributed by atoms with van der Waals surface area (Å²) in [6.45, 7) is 0. The number of aliphatic carboxylic acids is 1. The van der Waals surface area contributed by atoms with Crippen molar-refractivity contribution < 1.29 is 9.90 Å². The minimum Gasteiger partial charge on any atom is -0.481 e. The normalized spacial score (nSPS) is 11.9. The van der Waals surface area contributed by atoms with Gasteiger partial charge in [0.2, 0.25) is 0 Å². The molecule has 3 aromatic rings. The average molecular weight is 301 g/mol. The third kappa shape index (κ3) is 2.79. The van der Waals surface area contributed by atoms with Crippen molar-refractivity contribution in [2.24, 2.45) is 0 Å². The van der Waals surface area contributed by atoms with Crippen LogP contribution in [0.15, 0.2) is 41.8 Å². The molecule has 0 saturated heterocycles. The number of hydrogen-bond donors (Lipinski definition) is 1. The van der Waals surface area contributed by atoms with Crippen LogP contribution >= 0.6 is 22.7 Å². The van der Waals surface area contributed by atoms with Gasteiger partial charge >= 0.3 is 5.97 Å². The van der Waals surface area contributed by atoms with Gasteiger partial charge in [-0.1, -0.05) is 18.2 Å². The summed E-state index contributed by atoms with van der Waals surface area (Å²) in [4.78, 5) is 16.6. The number of carboxylic acids is 1. The van der Waals surface area contributed by atoms with Gasteiger partial charge in [0, 0.05) is 10.5 Å². The number of rotatable bonds is 4. The first-order chi connectivity index (χ1) is 9.72. The Morgan fingerprint density at radius 1 is 1.25 bits per heavy atom. The van der Waals surface area contributed by atoms with Crippen LogP contribution in [0.2, 0.25) is 0 Å². The molecular formula is C15H11NO2S2. The Hall–Kier alpha value is -1.98. The van der Waals surface area contributed by atoms with E-state index in [9.17, 15) is 4.79 Å². The molecule has 0 radical (unpaired) electrons. The highest BCUT2D eigenvalue weighted by molar-refractivity contribution is 7.19. The van der Waals surface area contributed by atoms with Gasteiger partial charge in [0.15, 0.2) is 0 Å². The maximum absolute atomic E-state index is 11.1. The average Bonchev–Trinajstić information content (AvgIpc) is 3.05. The van der Waals surface area contributed by atoms with Crippen LogP contribution in [-0.2, 0) is 4.79 Å². The van der Waals surface area contributed by atoms with Crippen molar-refractivity contribution in [2.45, 2.75) is 6.42 Å². The summed E-state index contributed by atoms with van der Waals surface area (Å²) < 4.78 is 1.07. The van der Waals surface area contributed by atoms with E-state index in [0.29, 0.717) is 0 Å². The Kier molecular flexibility index (Phi) is 3.62. The number of benzene rings is 1. The van der Waals surface area contributed by atoms with E-state index >= 15 is 0 Å². The highest BCUT2D eigenvalue weighted by atomic mass is 32.1. The van der Waals surface area contributed by atoms with Crippen LogP contribution in [0, 0.1) is 0 Å². The third-order valence-corrected chi connectivity index (χ3v) is 4.70. The van der Waals surface area contributed by atoms with Gasteiger partial charge in [0.25, 0.3) is 0 Å². The smallest absolute Gasteiger partial charge is 0.307 e. The maximum atomic E-state index is 11.1. The second-order valence-corrected chi connectivity index (χ2v) is 6.25. The summed E-state index contributed by atoms with van der Waals surface area (Å²) >= 11 is 3.12. The molecule has 20 heavy (non-hydrogen) atoms. The van der Waals surface area contributed by atoms with E-state index in [1.165, 1.54) is 11.3 Å². The SMILES string of the molecule is O=C(O)CC(=Cc1cccs1)c1nc2ccccc2s1. The van der Waals surface area contributed by atoms with Crippen molar-refractivity contribution >= 4 is 50.5 Å². The van der Waals surface area contributed by atoms with Crippen LogP contribution in [0.5, 0.6) is 0 Å². The van der Waals surface area contributed by atoms with E-state index in [0.717, 1.165) is 25.7 Å². The lowest BCUT2D eigenvalue weighted by Crippen LogP contribution is -1.96. The quantitative estimate of drug-likeness (QED) is 0.778. The zero-order chi connectivity index (χ0) is 13.9. The van der Waals surface area contributed by atoms with E-state index in [2.05, 4.69) is 4.98 Å². The van der Waals surface area contributed by atoms with Crippen LogP contribution in [0.25, 0.3) is 21.9 Å². The monoisotopic (exact) mass is 301 g/mol. The molecule has 0 bridgehead atoms. The predicted molar refractivity (Wildman–Crippen MR) is 84.1 cm³/mol. The van der Waals surface area contributed by atoms with Crippen molar-refractivity contribution in [3.8, 4) is 0 Å². The summed E-state index contributed by atoms with van der Waals surface area (Å²) in [5.74, 6) is -0.841. The van der Waals surface area contributed by atoms with Gasteiger partial charge in [0.05, 0.1) is 16.6 Å². The Morgan fingerprint density at radius 2 is 2.10 bits per heavy atom. The molecule has 3 rings (SSSR count). The molecule has 100 valence electrons. The van der Waals surface area contributed by atoms with Crippen molar-refractivity contribution in [1.82, 2.24) is 4.98 Å². The first-order valence-electron chi connectivity index (χ1n) is 6.04. The molecule has 3 nitrogen and oxygen atoms in total. The number of hydrogen-bond acceptors (Lipinski definition) is 4. The lowest BCUT2D eigenvalue weighted by atomic mass is 10.1. The van der Waals surface area contributed by atoms with Gasteiger partial charge in [-0.05, 0) is 29.7 Å². The summed E-state index contributed by atoms with van der Waals surface area (Å²) in [5, 5.41) is 11.8. The summed E-state index contributed by atoms with van der Waals surface area (Å²) in [7, 11) is 0. The molecule has 0 aliphatic carbocycles. The van der Waals surface area contributed by atoms with Crippen molar-refractivity contribution in [3.05, 3.63) is 51.7 Å². The van der Waals surface area contributed by atoms with Crippen molar-refractivity contribution in [3.63, 3.8) is 0 Å². The number of thiophene rings is 1. The number of aromatic nitrogens is 1. The molecule has 0 spiro atoms. The molecule has 0 unspecified atom stereocenters. The number of fused-ring (bicyclic) bond motifs is 1. The van der Waals surface area contributed by atoms with E-state index in [4.69, 9.17) is 5.11 Å². The third-order valence-electron chi connectivity index (χ3n) is 2.77. The molecule has 0 aliphatic heterocycles. The zero-order valence-corrected chi connectivity index (χ0v) is 12.1. The number of carbonyl (C=O) groups is 1. The zero-order valence-electron chi connectivity index (χ0n) is 10.4. The topological polar surface area (TPSA) is 50.2 Å². The Bertz CT molecular complexity index is 739. The van der Waals surface area contributed by atoms with E-state index in [-0.39, 0.29) is 6.42 Å². The van der Waals surface area contributed by atoms with Crippen LogP contribution in [0.1, 0.15) is 16.3 Å². The first kappa shape index (κ1) is 13.0. The van der Waals surface area contributed by atoms with Gasteiger partial charge in [-0.15, -0.1) is 22.7 Å². The number of carboxylic acid groups (broad SMARTS) is 1. The molecule has 5 heteroatoms. The molecule has 2 aromatic heterocycles. The standard InChI is InChI=1S/C15H11NO2S2/c17-14(18)9-10(8-11-4-3-7-19-11)15-16-12-5-1-2-6-13(12)20-15/h1-8H,9H2,(H,17,18). The Labute approximate surface area is 123 Å². The number of thiazole rings is 1. The Morgan fingerprint density at radius 3 is 2.80 bits per heavy atom. The largest absolute Gasteiger partial charge is 0.481 e. The fraction of sp³-hybridized carbons (Fsp3) is 0.0667. The fourth-order valence-electron chi connectivity index (χ4n) is 1.91. The van der Waals surface area contributed by atoms with Crippen molar-refractivity contribution in [2.75, 3.05) is 0 Å². The number of para-hydroxylation sites is 1. The minimum atomic E-state index is -0.841. The summed E-state index contributed by atoms with van der Waals surface area (Å²) in [6, 6.07) is 11.8. The molecule has 1 N–H and O–H groups in total. The molecule has 0 fully saturated rings. The molecule has 0 aliphatic rings. The molecule has 2 heterocycles. The molecule has 0 amide bonds. The van der Waals surface area contributed by atoms with Gasteiger partial charge in [-0.3, -0.25) is 4.79 Å². The second kappa shape index (κ2) is 5.56. The molecule has 0 saturated carbocycles. The lowest BCUT2D eigenvalue weighted by Gasteiger charge is -1.99. The fourth-order valence-corrected chi connectivity index (χ4v) is 3.57. The Balaban J connectivity index is 2.06. The highest BCUT2D eigenvalue weighted by Gasteiger charge is 2.12. The molecular weight excluding hydrogens is 290 g/mol. The van der Waals surface area contributed by atoms with Gasteiger partial charge in [-0.25, -0.2) is 4.98 Å². The minimum absolute atomic E-state index is 0.0161. The van der Waals surface area contributed by atoms with Gasteiger partial charge < -0.3 is 5.11 Å². The number of nitrogens with zero attached hydrogens (tertiary/aromatic N) is 1. The van der Waals surface area contributed by atoms with Gasteiger partial charge in [-0.2, -0.15) is 0 Å². The highest BCUT2D eigenvalue weighted by Crippen LogP contribution is 2.30. The first-order valence-corrected chi connectivity index (χ1v) is 7.74. The predicted octanol–water partition coefficient (Wildman–Crippen LogP) is 4.37. The molecule has 1 aromatic carbocycles. The van der Waals surface area contributed by atoms with Crippen LogP contribution in [0.4, 0.5) is 0 Å². The summed E-state index contributed by atoms with van der Waals surface area (Å²) in [6.07, 6.45) is 1.90. The van der Waals surface area contributed by atoms with E-state index < -0.39 is 5.97 Å². The molecule has 0 atom stereocenters. The van der Waals surface area contributed by atoms with Crippen LogP contribution in [-0.4, -0.2) is 16.1 Å². The van der Waals surface area contributed by atoms with Crippen LogP contribution < -0.4 is 0 Å². The van der Waals surface area contributed by atoms with Gasteiger partial charge in [0.1, 0.15) is 5.01 Å². The maximum Gasteiger partial charge on any atom is 0.307 e.